The largest absolute Gasteiger partial charge is 0.397 e. The molecule has 1 aromatic rings. The van der Waals surface area contributed by atoms with E-state index in [9.17, 15) is 4.79 Å². The summed E-state index contributed by atoms with van der Waals surface area (Å²) in [5, 5.41) is 6.25. The van der Waals surface area contributed by atoms with Crippen molar-refractivity contribution >= 4 is 23.0 Å². The molecule has 2 aliphatic rings. The van der Waals surface area contributed by atoms with Gasteiger partial charge in [-0.15, -0.1) is 0 Å². The zero-order chi connectivity index (χ0) is 13.9. The number of nitrogens with one attached hydrogen (secondary N) is 2. The van der Waals surface area contributed by atoms with Gasteiger partial charge in [-0.1, -0.05) is 0 Å². The van der Waals surface area contributed by atoms with Crippen molar-refractivity contribution in [3.63, 3.8) is 0 Å². The minimum Gasteiger partial charge on any atom is -0.397 e. The molecule has 5 heteroatoms. The maximum atomic E-state index is 11.4. The first kappa shape index (κ1) is 13.2. The van der Waals surface area contributed by atoms with E-state index in [1.165, 1.54) is 6.42 Å². The molecule has 0 bridgehead atoms. The smallest absolute Gasteiger partial charge is 0.224 e. The van der Waals surface area contributed by atoms with Gasteiger partial charge in [0.05, 0.1) is 17.5 Å². The van der Waals surface area contributed by atoms with Gasteiger partial charge in [-0.3, -0.25) is 4.79 Å². The number of amides is 1. The van der Waals surface area contributed by atoms with Gasteiger partial charge in [0, 0.05) is 25.3 Å². The van der Waals surface area contributed by atoms with Crippen LogP contribution in [0.3, 0.4) is 0 Å². The Kier molecular flexibility index (Phi) is 3.78. The summed E-state index contributed by atoms with van der Waals surface area (Å²) in [7, 11) is 0. The number of ether oxygens (including phenoxy) is 1. The van der Waals surface area contributed by atoms with Crippen LogP contribution >= 0.6 is 0 Å². The van der Waals surface area contributed by atoms with Crippen molar-refractivity contribution in [2.24, 2.45) is 0 Å². The summed E-state index contributed by atoms with van der Waals surface area (Å²) in [6.07, 6.45) is 5.03. The zero-order valence-corrected chi connectivity index (χ0v) is 11.6. The molecule has 2 aliphatic heterocycles. The molecule has 0 saturated carbocycles. The van der Waals surface area contributed by atoms with E-state index in [2.05, 4.69) is 10.6 Å². The van der Waals surface area contributed by atoms with Gasteiger partial charge in [0.25, 0.3) is 0 Å². The van der Waals surface area contributed by atoms with Gasteiger partial charge >= 0.3 is 0 Å². The van der Waals surface area contributed by atoms with Crippen LogP contribution in [0.1, 0.15) is 31.2 Å². The molecule has 0 aliphatic carbocycles. The molecule has 0 radical (unpaired) electrons. The van der Waals surface area contributed by atoms with E-state index < -0.39 is 0 Å². The SMILES string of the molecule is Nc1cc2c(cc1NCC1CCCCO1)NC(=O)CC2. The van der Waals surface area contributed by atoms with Gasteiger partial charge in [0.15, 0.2) is 0 Å². The Morgan fingerprint density at radius 2 is 2.25 bits per heavy atom. The van der Waals surface area contributed by atoms with Crippen LogP contribution in [-0.2, 0) is 16.0 Å². The van der Waals surface area contributed by atoms with Crippen molar-refractivity contribution in [1.29, 1.82) is 0 Å². The molecule has 1 amide bonds. The van der Waals surface area contributed by atoms with E-state index in [1.807, 2.05) is 12.1 Å². The van der Waals surface area contributed by atoms with Gasteiger partial charge in [0.2, 0.25) is 5.91 Å². The predicted molar refractivity (Wildman–Crippen MR) is 79.9 cm³/mol. The molecule has 3 rings (SSSR count). The number of carbonyl (C=O) groups is 1. The van der Waals surface area contributed by atoms with E-state index in [0.29, 0.717) is 6.42 Å². The third-order valence-electron chi connectivity index (χ3n) is 3.97. The molecule has 2 heterocycles. The molecule has 20 heavy (non-hydrogen) atoms. The molecule has 108 valence electrons. The zero-order valence-electron chi connectivity index (χ0n) is 11.6. The highest BCUT2D eigenvalue weighted by atomic mass is 16.5. The van der Waals surface area contributed by atoms with E-state index in [0.717, 1.165) is 55.0 Å². The first-order valence-corrected chi connectivity index (χ1v) is 7.30. The Hall–Kier alpha value is -1.75. The molecule has 1 atom stereocenters. The number of carbonyl (C=O) groups excluding carboxylic acids is 1. The van der Waals surface area contributed by atoms with Crippen molar-refractivity contribution in [1.82, 2.24) is 0 Å². The van der Waals surface area contributed by atoms with E-state index in [1.54, 1.807) is 0 Å². The molecule has 1 fully saturated rings. The van der Waals surface area contributed by atoms with Crippen LogP contribution in [0.4, 0.5) is 17.1 Å². The third-order valence-corrected chi connectivity index (χ3v) is 3.97. The number of fused-ring (bicyclic) bond motifs is 1. The summed E-state index contributed by atoms with van der Waals surface area (Å²) in [6, 6.07) is 3.89. The lowest BCUT2D eigenvalue weighted by atomic mass is 10.0. The topological polar surface area (TPSA) is 76.4 Å². The number of hydrogen-bond donors (Lipinski definition) is 3. The van der Waals surface area contributed by atoms with Crippen molar-refractivity contribution < 1.29 is 9.53 Å². The second kappa shape index (κ2) is 5.71. The minimum absolute atomic E-state index is 0.0730. The summed E-state index contributed by atoms with van der Waals surface area (Å²) in [4.78, 5) is 11.4. The second-order valence-electron chi connectivity index (χ2n) is 5.51. The second-order valence-corrected chi connectivity index (χ2v) is 5.51. The Morgan fingerprint density at radius 3 is 3.05 bits per heavy atom. The van der Waals surface area contributed by atoms with Gasteiger partial charge in [0.1, 0.15) is 0 Å². The maximum absolute atomic E-state index is 11.4. The molecule has 1 aromatic carbocycles. The fraction of sp³-hybridized carbons (Fsp3) is 0.533. The van der Waals surface area contributed by atoms with Crippen LogP contribution < -0.4 is 16.4 Å². The highest BCUT2D eigenvalue weighted by molar-refractivity contribution is 5.95. The number of anilines is 3. The normalized spacial score (nSPS) is 22.0. The van der Waals surface area contributed by atoms with Crippen molar-refractivity contribution in [2.75, 3.05) is 29.5 Å². The summed E-state index contributed by atoms with van der Waals surface area (Å²) in [5.41, 5.74) is 9.68. The Labute approximate surface area is 118 Å². The Morgan fingerprint density at radius 1 is 1.35 bits per heavy atom. The predicted octanol–water partition coefficient (Wildman–Crippen LogP) is 2.13. The highest BCUT2D eigenvalue weighted by Gasteiger charge is 2.18. The number of nitrogen functional groups attached to an aromatic ring is 1. The third kappa shape index (κ3) is 2.88. The van der Waals surface area contributed by atoms with Crippen molar-refractivity contribution in [2.45, 2.75) is 38.2 Å². The lowest BCUT2D eigenvalue weighted by Gasteiger charge is -2.24. The average Bonchev–Trinajstić information content (AvgIpc) is 2.46. The van der Waals surface area contributed by atoms with Gasteiger partial charge < -0.3 is 21.1 Å². The standard InChI is InChI=1S/C15H21N3O2/c16-12-7-10-4-5-15(19)18-13(10)8-14(12)17-9-11-3-1-2-6-20-11/h7-8,11,17H,1-6,9,16H2,(H,18,19). The van der Waals surface area contributed by atoms with Crippen LogP contribution in [0.15, 0.2) is 12.1 Å². The number of hydrogen-bond acceptors (Lipinski definition) is 4. The molecule has 4 N–H and O–H groups in total. The Bertz CT molecular complexity index is 510. The number of nitrogens with two attached hydrogens (primary N) is 1. The molecule has 0 aromatic heterocycles. The van der Waals surface area contributed by atoms with Crippen LogP contribution in [0.2, 0.25) is 0 Å². The van der Waals surface area contributed by atoms with Crippen LogP contribution in [0.5, 0.6) is 0 Å². The lowest BCUT2D eigenvalue weighted by Crippen LogP contribution is -2.27. The fourth-order valence-electron chi connectivity index (χ4n) is 2.79. The maximum Gasteiger partial charge on any atom is 0.224 e. The van der Waals surface area contributed by atoms with Crippen LogP contribution in [0.25, 0.3) is 0 Å². The first-order valence-electron chi connectivity index (χ1n) is 7.30. The van der Waals surface area contributed by atoms with Crippen LogP contribution in [0, 0.1) is 0 Å². The van der Waals surface area contributed by atoms with E-state index in [4.69, 9.17) is 10.5 Å². The number of benzene rings is 1. The average molecular weight is 275 g/mol. The van der Waals surface area contributed by atoms with Gasteiger partial charge in [-0.05, 0) is 43.4 Å². The molecule has 5 nitrogen and oxygen atoms in total. The number of rotatable bonds is 3. The quantitative estimate of drug-likeness (QED) is 0.739. The van der Waals surface area contributed by atoms with Crippen molar-refractivity contribution in [3.05, 3.63) is 17.7 Å². The summed E-state index contributed by atoms with van der Waals surface area (Å²) in [5.74, 6) is 0.0730. The monoisotopic (exact) mass is 275 g/mol. The summed E-state index contributed by atoms with van der Waals surface area (Å²) >= 11 is 0. The minimum atomic E-state index is 0.0730. The lowest BCUT2D eigenvalue weighted by molar-refractivity contribution is -0.116. The van der Waals surface area contributed by atoms with Gasteiger partial charge in [-0.25, -0.2) is 0 Å². The molecule has 1 saturated heterocycles. The first-order chi connectivity index (χ1) is 9.72. The van der Waals surface area contributed by atoms with E-state index in [-0.39, 0.29) is 12.0 Å². The van der Waals surface area contributed by atoms with Crippen molar-refractivity contribution in [3.8, 4) is 0 Å². The molecule has 1 unspecified atom stereocenters. The Balaban J connectivity index is 1.69. The fourth-order valence-corrected chi connectivity index (χ4v) is 2.79. The van der Waals surface area contributed by atoms with Crippen LogP contribution in [-0.4, -0.2) is 25.2 Å². The summed E-state index contributed by atoms with van der Waals surface area (Å²) in [6.45, 7) is 1.61. The molecular formula is C15H21N3O2. The van der Waals surface area contributed by atoms with Gasteiger partial charge in [-0.2, -0.15) is 0 Å². The number of aryl methyl sites for hydroxylation is 1. The van der Waals surface area contributed by atoms with E-state index >= 15 is 0 Å². The molecular weight excluding hydrogens is 254 g/mol. The summed E-state index contributed by atoms with van der Waals surface area (Å²) < 4.78 is 5.70. The molecule has 0 spiro atoms. The highest BCUT2D eigenvalue weighted by Crippen LogP contribution is 2.31.